The summed E-state index contributed by atoms with van der Waals surface area (Å²) in [6.45, 7) is 6.21. The molecule has 0 saturated heterocycles. The van der Waals surface area contributed by atoms with E-state index < -0.39 is 136 Å². The zero-order valence-corrected chi connectivity index (χ0v) is 34.3. The number of nitrogens with zero attached hydrogens (tertiary/aromatic N) is 4. The number of para-hydroxylation sites is 3. The second-order valence-corrected chi connectivity index (χ2v) is 16.0. The summed E-state index contributed by atoms with van der Waals surface area (Å²) in [6, 6.07) is 18.2. The topological polar surface area (TPSA) is 33.5 Å². The molecule has 2 aromatic heterocycles. The summed E-state index contributed by atoms with van der Waals surface area (Å²) in [5, 5.41) is 2.01. The first kappa shape index (κ1) is 23.9. The lowest BCUT2D eigenvalue weighted by Crippen LogP contribution is -2.25. The third-order valence-electron chi connectivity index (χ3n) is 11.1. The SMILES string of the molecule is [2H]c1c([2H])c([2H])c(-c2c([2H])c(-c3c([2H])c([2H])c([2H])c([2H])c3[2H])c(N3CN(c4cccc(Oc5ccc6c7ccccc7n(-c7cc(C(C)(C)C)ccn7)c6c5)c4)c4ccccc43)c(-c3c([2H])c([2H])c([2H])c([2H])c3[2H])c2[2H])c([2H])c1[2H]. The van der Waals surface area contributed by atoms with Crippen molar-refractivity contribution in [3.63, 3.8) is 0 Å². The van der Waals surface area contributed by atoms with Crippen LogP contribution in [0.1, 0.15) is 49.6 Å². The van der Waals surface area contributed by atoms with E-state index in [4.69, 9.17) is 24.8 Å². The van der Waals surface area contributed by atoms with Crippen LogP contribution < -0.4 is 14.5 Å². The number of hydrogen-bond donors (Lipinski definition) is 0. The first-order valence-electron chi connectivity index (χ1n) is 28.8. The van der Waals surface area contributed by atoms with E-state index in [1.165, 1.54) is 0 Å². The molecule has 304 valence electrons. The van der Waals surface area contributed by atoms with Crippen LogP contribution in [0.5, 0.6) is 11.5 Å². The molecule has 5 nitrogen and oxygen atoms in total. The van der Waals surface area contributed by atoms with Gasteiger partial charge in [0.2, 0.25) is 0 Å². The summed E-state index contributed by atoms with van der Waals surface area (Å²) in [4.78, 5) is 8.20. The van der Waals surface area contributed by atoms with Crippen LogP contribution >= 0.6 is 0 Å². The van der Waals surface area contributed by atoms with E-state index in [2.05, 4.69) is 37.5 Å². The predicted octanol–water partition coefficient (Wildman–Crippen LogP) is 15.5. The molecule has 1 aliphatic rings. The molecule has 63 heavy (non-hydrogen) atoms. The fourth-order valence-corrected chi connectivity index (χ4v) is 8.15. The Morgan fingerprint density at radius 1 is 0.540 bits per heavy atom. The van der Waals surface area contributed by atoms with Gasteiger partial charge in [-0.1, -0.05) is 148 Å². The van der Waals surface area contributed by atoms with Crippen LogP contribution in [0.3, 0.4) is 0 Å². The number of anilines is 4. The number of fused-ring (bicyclic) bond motifs is 4. The fourth-order valence-electron chi connectivity index (χ4n) is 8.15. The number of benzene rings is 8. The summed E-state index contributed by atoms with van der Waals surface area (Å²) >= 11 is 0. The minimum atomic E-state index is -0.852. The van der Waals surface area contributed by atoms with Gasteiger partial charge in [0, 0.05) is 45.9 Å². The van der Waals surface area contributed by atoms with Crippen LogP contribution in [-0.4, -0.2) is 16.2 Å². The van der Waals surface area contributed by atoms with Crippen molar-refractivity contribution in [1.29, 1.82) is 0 Å². The van der Waals surface area contributed by atoms with Crippen molar-refractivity contribution in [2.75, 3.05) is 16.5 Å². The molecule has 0 unspecified atom stereocenters. The van der Waals surface area contributed by atoms with Crippen molar-refractivity contribution >= 4 is 44.6 Å². The Morgan fingerprint density at radius 2 is 1.14 bits per heavy atom. The lowest BCUT2D eigenvalue weighted by Gasteiger charge is -2.28. The first-order chi connectivity index (χ1) is 37.9. The zero-order valence-electron chi connectivity index (χ0n) is 51.3. The monoisotopic (exact) mass is 831 g/mol. The highest BCUT2D eigenvalue weighted by Gasteiger charge is 2.32. The van der Waals surface area contributed by atoms with Gasteiger partial charge in [-0.05, 0) is 99.9 Å². The number of pyridine rings is 1. The molecular weight excluding hydrogens is 769 g/mol. The lowest BCUT2D eigenvalue weighted by molar-refractivity contribution is 0.483. The van der Waals surface area contributed by atoms with Crippen LogP contribution in [0.2, 0.25) is 0 Å². The van der Waals surface area contributed by atoms with Gasteiger partial charge in [0.25, 0.3) is 0 Å². The summed E-state index contributed by atoms with van der Waals surface area (Å²) in [6.07, 6.45) is 1.81. The maximum absolute atomic E-state index is 10.1. The van der Waals surface area contributed by atoms with Gasteiger partial charge in [0.05, 0.1) is 51.4 Å². The Hall–Kier alpha value is -7.89. The summed E-state index contributed by atoms with van der Waals surface area (Å²) in [5.41, 5.74) is 0.296. The van der Waals surface area contributed by atoms with Crippen molar-refractivity contribution < 1.29 is 28.0 Å². The standard InChI is InChI=1S/C58H46N4O/c1-58(2,3)44-32-33-59-56(36-44)62-52-27-14-13-26-48(52)49-31-30-47(38-55(49)62)63-46-25-17-24-45(37-46)60-39-61(54-29-16-15-28-53(54)60)57-50(41-20-9-5-10-21-41)34-43(40-18-7-4-8-19-40)35-51(57)42-22-11-6-12-23-42/h4-38H,39H2,1-3H3/i4D,5D,6D,7D,8D,9D,10D,11D,12D,18D,19D,20D,21D,22D,23D,34D,35D. The molecule has 0 fully saturated rings. The molecule has 0 bridgehead atoms. The zero-order chi connectivity index (χ0) is 57.3. The molecule has 0 saturated carbocycles. The Labute approximate surface area is 392 Å². The van der Waals surface area contributed by atoms with Crippen molar-refractivity contribution in [1.82, 2.24) is 9.55 Å². The normalized spacial score (nSPS) is 16.3. The number of ether oxygens (including phenoxy) is 1. The highest BCUT2D eigenvalue weighted by molar-refractivity contribution is 6.09. The summed E-state index contributed by atoms with van der Waals surface area (Å²) in [5.74, 6) is 1.66. The minimum Gasteiger partial charge on any atom is -0.457 e. The maximum atomic E-state index is 10.1. The predicted molar refractivity (Wildman–Crippen MR) is 262 cm³/mol. The van der Waals surface area contributed by atoms with Crippen molar-refractivity contribution in [3.8, 4) is 50.7 Å². The first-order valence-corrected chi connectivity index (χ1v) is 20.3. The van der Waals surface area contributed by atoms with Crippen LogP contribution in [-0.2, 0) is 5.41 Å². The quantitative estimate of drug-likeness (QED) is 0.153. The molecule has 0 amide bonds. The van der Waals surface area contributed by atoms with Gasteiger partial charge in [-0.3, -0.25) is 4.57 Å². The van der Waals surface area contributed by atoms with Crippen molar-refractivity contribution in [2.24, 2.45) is 0 Å². The average Bonchev–Trinajstić information content (AvgIpc) is 4.05. The second kappa shape index (κ2) is 15.5. The molecule has 11 rings (SSSR count). The molecular formula is C58H46N4O. The van der Waals surface area contributed by atoms with Crippen LogP contribution in [0, 0.1) is 0 Å². The van der Waals surface area contributed by atoms with E-state index in [0.717, 1.165) is 33.2 Å². The van der Waals surface area contributed by atoms with Crippen LogP contribution in [0.25, 0.3) is 61.0 Å². The summed E-state index contributed by atoms with van der Waals surface area (Å²) < 4.78 is 162. The molecule has 0 spiro atoms. The van der Waals surface area contributed by atoms with Gasteiger partial charge in [0.1, 0.15) is 24.0 Å². The van der Waals surface area contributed by atoms with Crippen LogP contribution in [0.15, 0.2) is 212 Å². The molecule has 0 aliphatic carbocycles. The number of rotatable bonds is 8. The average molecular weight is 832 g/mol. The Balaban J connectivity index is 1.13. The number of hydrogen-bond acceptors (Lipinski definition) is 4. The van der Waals surface area contributed by atoms with E-state index in [-0.39, 0.29) is 17.8 Å². The van der Waals surface area contributed by atoms with E-state index in [0.29, 0.717) is 28.6 Å². The van der Waals surface area contributed by atoms with Crippen molar-refractivity contribution in [3.05, 3.63) is 218 Å². The largest absolute Gasteiger partial charge is 0.457 e. The Kier molecular flexibility index (Phi) is 5.90. The Bertz CT molecular complexity index is 4120. The molecule has 0 N–H and O–H groups in total. The van der Waals surface area contributed by atoms with Gasteiger partial charge < -0.3 is 14.5 Å². The fraction of sp³-hybridized carbons (Fsp3) is 0.0862. The minimum absolute atomic E-state index is 0.140. The van der Waals surface area contributed by atoms with Gasteiger partial charge in [-0.2, -0.15) is 0 Å². The lowest BCUT2D eigenvalue weighted by atomic mass is 9.88. The highest BCUT2D eigenvalue weighted by Crippen LogP contribution is 2.51. The molecule has 8 aromatic carbocycles. The molecule has 1 aliphatic heterocycles. The summed E-state index contributed by atoms with van der Waals surface area (Å²) in [7, 11) is 0. The van der Waals surface area contributed by atoms with Crippen molar-refractivity contribution in [2.45, 2.75) is 26.2 Å². The maximum Gasteiger partial charge on any atom is 0.137 e. The van der Waals surface area contributed by atoms with E-state index in [9.17, 15) is 8.22 Å². The van der Waals surface area contributed by atoms with E-state index >= 15 is 0 Å². The third-order valence-corrected chi connectivity index (χ3v) is 11.1. The molecule has 5 heteroatoms. The van der Waals surface area contributed by atoms with Gasteiger partial charge in [0.15, 0.2) is 0 Å². The molecule has 0 atom stereocenters. The van der Waals surface area contributed by atoms with Gasteiger partial charge in [-0.25, -0.2) is 4.98 Å². The van der Waals surface area contributed by atoms with E-state index in [1.807, 2.05) is 59.6 Å². The number of aromatic nitrogens is 2. The third kappa shape index (κ3) is 6.98. The Morgan fingerprint density at radius 3 is 1.83 bits per heavy atom. The highest BCUT2D eigenvalue weighted by atomic mass is 16.5. The van der Waals surface area contributed by atoms with Crippen LogP contribution in [0.4, 0.5) is 22.7 Å². The molecule has 0 radical (unpaired) electrons. The molecule has 3 heterocycles. The van der Waals surface area contributed by atoms with E-state index in [1.54, 1.807) is 47.4 Å². The van der Waals surface area contributed by atoms with Gasteiger partial charge >= 0.3 is 0 Å². The second-order valence-electron chi connectivity index (χ2n) is 16.0. The van der Waals surface area contributed by atoms with Gasteiger partial charge in [-0.15, -0.1) is 0 Å². The smallest absolute Gasteiger partial charge is 0.137 e. The molecule has 10 aromatic rings.